The lowest BCUT2D eigenvalue weighted by molar-refractivity contribution is 0.206. The maximum Gasteiger partial charge on any atom is 0.127 e. The average Bonchev–Trinajstić information content (AvgIpc) is 2.46. The molecule has 0 amide bonds. The predicted octanol–water partition coefficient (Wildman–Crippen LogP) is 3.43. The molecule has 1 fully saturated rings. The van der Waals surface area contributed by atoms with Crippen molar-refractivity contribution in [1.29, 1.82) is 0 Å². The van der Waals surface area contributed by atoms with E-state index in [9.17, 15) is 0 Å². The van der Waals surface area contributed by atoms with Gasteiger partial charge in [-0.15, -0.1) is 0 Å². The lowest BCUT2D eigenvalue weighted by Crippen LogP contribution is -2.20. The van der Waals surface area contributed by atoms with Crippen LogP contribution in [-0.4, -0.2) is 13.2 Å². The molecule has 3 heteroatoms. The molecule has 0 saturated heterocycles. The fraction of sp³-hybridized carbons (Fsp3) is 0.625. The van der Waals surface area contributed by atoms with Gasteiger partial charge in [-0.1, -0.05) is 25.3 Å². The Morgan fingerprint density at radius 3 is 2.84 bits per heavy atom. The quantitative estimate of drug-likeness (QED) is 0.906. The minimum absolute atomic E-state index is 0.108. The van der Waals surface area contributed by atoms with Gasteiger partial charge in [0.05, 0.1) is 13.2 Å². The molecule has 0 spiro atoms. The van der Waals surface area contributed by atoms with E-state index in [1.54, 1.807) is 0 Å². The van der Waals surface area contributed by atoms with Crippen LogP contribution < -0.4 is 15.2 Å². The lowest BCUT2D eigenvalue weighted by Gasteiger charge is -2.24. The van der Waals surface area contributed by atoms with Crippen molar-refractivity contribution < 1.29 is 9.47 Å². The number of nitrogens with two attached hydrogens (primary N) is 1. The molecule has 1 atom stereocenters. The summed E-state index contributed by atoms with van der Waals surface area (Å²) in [6, 6.07) is 6.18. The molecule has 19 heavy (non-hydrogen) atoms. The second kappa shape index (κ2) is 5.83. The highest BCUT2D eigenvalue weighted by Crippen LogP contribution is 2.34. The Balaban J connectivity index is 1.62. The summed E-state index contributed by atoms with van der Waals surface area (Å²) in [6.07, 6.45) is 7.63. The molecule has 0 bridgehead atoms. The molecule has 104 valence electrons. The van der Waals surface area contributed by atoms with Gasteiger partial charge in [0.25, 0.3) is 0 Å². The SMILES string of the molecule is NC1CCOc2cc(OCC3CCCCC3)ccc21. The van der Waals surface area contributed by atoms with Crippen LogP contribution in [-0.2, 0) is 0 Å². The summed E-state index contributed by atoms with van der Waals surface area (Å²) < 4.78 is 11.6. The summed E-state index contributed by atoms with van der Waals surface area (Å²) in [6.45, 7) is 1.55. The molecule has 1 heterocycles. The Hall–Kier alpha value is -1.22. The van der Waals surface area contributed by atoms with Crippen LogP contribution in [0.1, 0.15) is 50.1 Å². The van der Waals surface area contributed by atoms with Gasteiger partial charge >= 0.3 is 0 Å². The molecule has 1 aliphatic heterocycles. The zero-order valence-corrected chi connectivity index (χ0v) is 11.4. The van der Waals surface area contributed by atoms with Crippen molar-refractivity contribution in [2.45, 2.75) is 44.6 Å². The largest absolute Gasteiger partial charge is 0.493 e. The van der Waals surface area contributed by atoms with Crippen molar-refractivity contribution in [1.82, 2.24) is 0 Å². The van der Waals surface area contributed by atoms with Crippen LogP contribution in [0.25, 0.3) is 0 Å². The smallest absolute Gasteiger partial charge is 0.127 e. The Labute approximate surface area is 115 Å². The molecule has 3 rings (SSSR count). The maximum absolute atomic E-state index is 6.07. The second-order valence-corrected chi connectivity index (χ2v) is 5.76. The van der Waals surface area contributed by atoms with E-state index in [0.717, 1.165) is 36.0 Å². The molecule has 1 aromatic carbocycles. The topological polar surface area (TPSA) is 44.5 Å². The van der Waals surface area contributed by atoms with E-state index in [0.29, 0.717) is 6.61 Å². The van der Waals surface area contributed by atoms with Gasteiger partial charge in [-0.2, -0.15) is 0 Å². The van der Waals surface area contributed by atoms with E-state index in [-0.39, 0.29) is 6.04 Å². The van der Waals surface area contributed by atoms with E-state index >= 15 is 0 Å². The summed E-state index contributed by atoms with van der Waals surface area (Å²) >= 11 is 0. The van der Waals surface area contributed by atoms with Gasteiger partial charge in [-0.05, 0) is 24.8 Å². The summed E-state index contributed by atoms with van der Waals surface area (Å²) in [7, 11) is 0. The van der Waals surface area contributed by atoms with E-state index < -0.39 is 0 Å². The van der Waals surface area contributed by atoms with Crippen LogP contribution >= 0.6 is 0 Å². The standard InChI is InChI=1S/C16H23NO2/c17-15-8-9-18-16-10-13(6-7-14(15)16)19-11-12-4-2-1-3-5-12/h6-7,10,12,15H,1-5,8-9,11,17H2. The highest BCUT2D eigenvalue weighted by Gasteiger charge is 2.19. The summed E-state index contributed by atoms with van der Waals surface area (Å²) in [5, 5.41) is 0. The monoisotopic (exact) mass is 261 g/mol. The molecule has 0 aromatic heterocycles. The Morgan fingerprint density at radius 2 is 2.00 bits per heavy atom. The first kappa shape index (κ1) is 12.8. The van der Waals surface area contributed by atoms with E-state index in [2.05, 4.69) is 6.07 Å². The van der Waals surface area contributed by atoms with Crippen molar-refractivity contribution in [2.24, 2.45) is 11.7 Å². The molecule has 2 aliphatic rings. The van der Waals surface area contributed by atoms with Crippen LogP contribution in [0, 0.1) is 5.92 Å². The van der Waals surface area contributed by atoms with Crippen LogP contribution in [0.5, 0.6) is 11.5 Å². The third-order valence-electron chi connectivity index (χ3n) is 4.28. The second-order valence-electron chi connectivity index (χ2n) is 5.76. The van der Waals surface area contributed by atoms with Crippen molar-refractivity contribution in [2.75, 3.05) is 13.2 Å². The lowest BCUT2D eigenvalue weighted by atomic mass is 9.90. The molecule has 2 N–H and O–H groups in total. The first-order chi connectivity index (χ1) is 9.33. The van der Waals surface area contributed by atoms with Gasteiger partial charge < -0.3 is 15.2 Å². The average molecular weight is 261 g/mol. The Kier molecular flexibility index (Phi) is 3.92. The summed E-state index contributed by atoms with van der Waals surface area (Å²) in [5.74, 6) is 2.55. The highest BCUT2D eigenvalue weighted by atomic mass is 16.5. The van der Waals surface area contributed by atoms with Crippen LogP contribution in [0.15, 0.2) is 18.2 Å². The Bertz CT molecular complexity index is 427. The minimum Gasteiger partial charge on any atom is -0.493 e. The highest BCUT2D eigenvalue weighted by molar-refractivity contribution is 5.43. The molecular weight excluding hydrogens is 238 g/mol. The van der Waals surface area contributed by atoms with Crippen molar-refractivity contribution in [3.63, 3.8) is 0 Å². The summed E-state index contributed by atoms with van der Waals surface area (Å²) in [5.41, 5.74) is 7.17. The molecular formula is C16H23NO2. The Morgan fingerprint density at radius 1 is 1.16 bits per heavy atom. The first-order valence-electron chi connectivity index (χ1n) is 7.48. The normalized spacial score (nSPS) is 23.5. The first-order valence-corrected chi connectivity index (χ1v) is 7.48. The predicted molar refractivity (Wildman–Crippen MR) is 75.6 cm³/mol. The van der Waals surface area contributed by atoms with Crippen molar-refractivity contribution in [3.05, 3.63) is 23.8 Å². The molecule has 1 aliphatic carbocycles. The van der Waals surface area contributed by atoms with Crippen molar-refractivity contribution in [3.8, 4) is 11.5 Å². The summed E-state index contributed by atoms with van der Waals surface area (Å²) in [4.78, 5) is 0. The third kappa shape index (κ3) is 3.03. The van der Waals surface area contributed by atoms with Crippen LogP contribution in [0.2, 0.25) is 0 Å². The van der Waals surface area contributed by atoms with Crippen LogP contribution in [0.3, 0.4) is 0 Å². The molecule has 1 saturated carbocycles. The van der Waals surface area contributed by atoms with E-state index in [1.807, 2.05) is 12.1 Å². The fourth-order valence-corrected chi connectivity index (χ4v) is 3.06. The fourth-order valence-electron chi connectivity index (χ4n) is 3.06. The van der Waals surface area contributed by atoms with Gasteiger partial charge in [0.2, 0.25) is 0 Å². The molecule has 3 nitrogen and oxygen atoms in total. The number of hydrogen-bond acceptors (Lipinski definition) is 3. The zero-order chi connectivity index (χ0) is 13.1. The van der Waals surface area contributed by atoms with Gasteiger partial charge in [0, 0.05) is 24.1 Å². The number of benzene rings is 1. The molecule has 0 radical (unpaired) electrons. The van der Waals surface area contributed by atoms with Crippen LogP contribution in [0.4, 0.5) is 0 Å². The van der Waals surface area contributed by atoms with Gasteiger partial charge in [0.15, 0.2) is 0 Å². The van der Waals surface area contributed by atoms with Gasteiger partial charge in [-0.3, -0.25) is 0 Å². The number of rotatable bonds is 3. The van der Waals surface area contributed by atoms with E-state index in [1.165, 1.54) is 32.1 Å². The van der Waals surface area contributed by atoms with E-state index in [4.69, 9.17) is 15.2 Å². The number of ether oxygens (including phenoxy) is 2. The zero-order valence-electron chi connectivity index (χ0n) is 11.4. The van der Waals surface area contributed by atoms with Gasteiger partial charge in [0.1, 0.15) is 11.5 Å². The third-order valence-corrected chi connectivity index (χ3v) is 4.28. The van der Waals surface area contributed by atoms with Crippen molar-refractivity contribution >= 4 is 0 Å². The van der Waals surface area contributed by atoms with Gasteiger partial charge in [-0.25, -0.2) is 0 Å². The number of hydrogen-bond donors (Lipinski definition) is 1. The molecule has 1 unspecified atom stereocenters. The maximum atomic E-state index is 6.07. The molecule has 1 aromatic rings. The minimum atomic E-state index is 0.108. The number of fused-ring (bicyclic) bond motifs is 1.